The van der Waals surface area contributed by atoms with Gasteiger partial charge in [0.25, 0.3) is 0 Å². The number of carbonyl (C=O) groups is 1. The highest BCUT2D eigenvalue weighted by Gasteiger charge is 2.19. The van der Waals surface area contributed by atoms with Crippen molar-refractivity contribution in [1.82, 2.24) is 14.9 Å². The van der Waals surface area contributed by atoms with E-state index in [2.05, 4.69) is 42.8 Å². The van der Waals surface area contributed by atoms with Crippen molar-refractivity contribution in [3.8, 4) is 17.2 Å². The maximum Gasteiger partial charge on any atom is 0.224 e. The molecule has 0 aliphatic heterocycles. The minimum absolute atomic E-state index is 0.0986. The topological polar surface area (TPSA) is 74.6 Å². The number of methoxy groups -OCH3 is 2. The Morgan fingerprint density at radius 2 is 1.68 bits per heavy atom. The van der Waals surface area contributed by atoms with Crippen LogP contribution in [0.1, 0.15) is 50.7 Å². The molecule has 200 valence electrons. The van der Waals surface area contributed by atoms with Crippen molar-refractivity contribution in [3.63, 3.8) is 0 Å². The summed E-state index contributed by atoms with van der Waals surface area (Å²) in [6.07, 6.45) is 0.221. The summed E-state index contributed by atoms with van der Waals surface area (Å²) in [5.41, 5.74) is 4.11. The van der Waals surface area contributed by atoms with E-state index in [1.54, 1.807) is 20.3 Å². The van der Waals surface area contributed by atoms with E-state index in [1.807, 2.05) is 55.5 Å². The normalized spacial score (nSPS) is 12.3. The van der Waals surface area contributed by atoms with Gasteiger partial charge in [0.05, 0.1) is 44.3 Å². The number of amides is 1. The SMILES string of the molecule is COc1ccc(CC(=O)NC(C)c2nc3ccccc3n2CCOc2ccc(C(C)(C)C)cc2)cc1OC. The molecule has 3 aromatic carbocycles. The maximum atomic E-state index is 12.9. The van der Waals surface area contributed by atoms with E-state index in [4.69, 9.17) is 19.2 Å². The summed E-state index contributed by atoms with van der Waals surface area (Å²) in [5.74, 6) is 2.75. The van der Waals surface area contributed by atoms with Gasteiger partial charge in [-0.05, 0) is 59.9 Å². The van der Waals surface area contributed by atoms with E-state index in [-0.39, 0.29) is 23.8 Å². The van der Waals surface area contributed by atoms with Crippen molar-refractivity contribution in [2.45, 2.75) is 52.1 Å². The standard InChI is InChI=1S/C31H37N3O4/c1-21(32-29(35)20-22-11-16-27(36-5)28(19-22)37-6)30-33-25-9-7-8-10-26(25)34(30)17-18-38-24-14-12-23(13-15-24)31(2,3)4/h7-16,19,21H,17-18,20H2,1-6H3,(H,32,35). The van der Waals surface area contributed by atoms with Crippen molar-refractivity contribution >= 4 is 16.9 Å². The molecule has 0 aliphatic rings. The van der Waals surface area contributed by atoms with Gasteiger partial charge in [0.15, 0.2) is 11.5 Å². The Kier molecular flexibility index (Phi) is 8.25. The summed E-state index contributed by atoms with van der Waals surface area (Å²) >= 11 is 0. The van der Waals surface area contributed by atoms with E-state index in [0.717, 1.165) is 28.2 Å². The molecule has 0 aliphatic carbocycles. The summed E-state index contributed by atoms with van der Waals surface area (Å²) in [6, 6.07) is 21.5. The van der Waals surface area contributed by atoms with Crippen molar-refractivity contribution in [2.75, 3.05) is 20.8 Å². The van der Waals surface area contributed by atoms with Gasteiger partial charge in [0, 0.05) is 0 Å². The van der Waals surface area contributed by atoms with Crippen LogP contribution in [0.4, 0.5) is 0 Å². The van der Waals surface area contributed by atoms with Crippen LogP contribution in [0.3, 0.4) is 0 Å². The van der Waals surface area contributed by atoms with Crippen molar-refractivity contribution in [2.24, 2.45) is 0 Å². The molecule has 4 rings (SSSR count). The zero-order chi connectivity index (χ0) is 27.3. The number of benzene rings is 3. The number of fused-ring (bicyclic) bond motifs is 1. The van der Waals surface area contributed by atoms with Crippen LogP contribution in [-0.4, -0.2) is 36.3 Å². The van der Waals surface area contributed by atoms with E-state index < -0.39 is 0 Å². The van der Waals surface area contributed by atoms with E-state index in [9.17, 15) is 4.79 Å². The number of nitrogens with one attached hydrogen (secondary N) is 1. The average Bonchev–Trinajstić information content (AvgIpc) is 3.27. The molecular weight excluding hydrogens is 478 g/mol. The predicted octanol–water partition coefficient (Wildman–Crippen LogP) is 5.85. The molecule has 0 saturated heterocycles. The second kappa shape index (κ2) is 11.6. The number of hydrogen-bond donors (Lipinski definition) is 1. The van der Waals surface area contributed by atoms with Crippen molar-refractivity contribution in [1.29, 1.82) is 0 Å². The molecule has 0 fully saturated rings. The lowest BCUT2D eigenvalue weighted by Crippen LogP contribution is -2.30. The molecule has 1 aromatic heterocycles. The third-order valence-electron chi connectivity index (χ3n) is 6.57. The second-order valence-corrected chi connectivity index (χ2v) is 10.4. The fourth-order valence-electron chi connectivity index (χ4n) is 4.50. The van der Waals surface area contributed by atoms with Crippen LogP contribution in [0.15, 0.2) is 66.7 Å². The van der Waals surface area contributed by atoms with Gasteiger partial charge in [0.1, 0.15) is 18.2 Å². The average molecular weight is 516 g/mol. The Bertz CT molecular complexity index is 1390. The van der Waals surface area contributed by atoms with Gasteiger partial charge in [0.2, 0.25) is 5.91 Å². The Hall–Kier alpha value is -4.00. The molecule has 1 unspecified atom stereocenters. The van der Waals surface area contributed by atoms with Crippen LogP contribution in [0.5, 0.6) is 17.2 Å². The smallest absolute Gasteiger partial charge is 0.224 e. The fourth-order valence-corrected chi connectivity index (χ4v) is 4.50. The lowest BCUT2D eigenvalue weighted by molar-refractivity contribution is -0.121. The number of aromatic nitrogens is 2. The van der Waals surface area contributed by atoms with Crippen molar-refractivity contribution in [3.05, 3.63) is 83.7 Å². The monoisotopic (exact) mass is 515 g/mol. The summed E-state index contributed by atoms with van der Waals surface area (Å²) in [7, 11) is 3.17. The Morgan fingerprint density at radius 1 is 0.974 bits per heavy atom. The lowest BCUT2D eigenvalue weighted by Gasteiger charge is -2.19. The molecule has 0 radical (unpaired) electrons. The van der Waals surface area contributed by atoms with E-state index in [1.165, 1.54) is 5.56 Å². The first-order valence-electron chi connectivity index (χ1n) is 12.9. The molecule has 7 heteroatoms. The molecule has 1 amide bonds. The number of nitrogens with zero attached hydrogens (tertiary/aromatic N) is 2. The van der Waals surface area contributed by atoms with Crippen LogP contribution >= 0.6 is 0 Å². The molecule has 1 atom stereocenters. The van der Waals surface area contributed by atoms with Gasteiger partial charge >= 0.3 is 0 Å². The van der Waals surface area contributed by atoms with Gasteiger partial charge in [-0.2, -0.15) is 0 Å². The molecule has 0 saturated carbocycles. The van der Waals surface area contributed by atoms with Crippen LogP contribution in [0.25, 0.3) is 11.0 Å². The van der Waals surface area contributed by atoms with Gasteiger partial charge in [-0.1, -0.05) is 51.1 Å². The molecular formula is C31H37N3O4. The zero-order valence-electron chi connectivity index (χ0n) is 23.1. The Labute approximate surface area is 224 Å². The molecule has 38 heavy (non-hydrogen) atoms. The Balaban J connectivity index is 1.45. The quantitative estimate of drug-likeness (QED) is 0.287. The predicted molar refractivity (Wildman–Crippen MR) is 150 cm³/mol. The van der Waals surface area contributed by atoms with E-state index in [0.29, 0.717) is 24.7 Å². The van der Waals surface area contributed by atoms with Gasteiger partial charge in [-0.3, -0.25) is 4.79 Å². The number of rotatable bonds is 10. The number of imidazole rings is 1. The highest BCUT2D eigenvalue weighted by molar-refractivity contribution is 5.80. The molecule has 1 heterocycles. The number of para-hydroxylation sites is 2. The van der Waals surface area contributed by atoms with Crippen LogP contribution in [0, 0.1) is 0 Å². The highest BCUT2D eigenvalue weighted by Crippen LogP contribution is 2.28. The minimum Gasteiger partial charge on any atom is -0.493 e. The molecule has 0 bridgehead atoms. The number of hydrogen-bond acceptors (Lipinski definition) is 5. The highest BCUT2D eigenvalue weighted by atomic mass is 16.5. The van der Waals surface area contributed by atoms with Crippen LogP contribution in [0.2, 0.25) is 0 Å². The third kappa shape index (κ3) is 6.28. The molecule has 1 N–H and O–H groups in total. The van der Waals surface area contributed by atoms with Crippen molar-refractivity contribution < 1.29 is 19.0 Å². The molecule has 0 spiro atoms. The molecule has 7 nitrogen and oxygen atoms in total. The first-order chi connectivity index (χ1) is 18.2. The number of ether oxygens (including phenoxy) is 3. The van der Waals surface area contributed by atoms with Gasteiger partial charge in [-0.15, -0.1) is 0 Å². The summed E-state index contributed by atoms with van der Waals surface area (Å²) in [5, 5.41) is 3.11. The first kappa shape index (κ1) is 27.0. The second-order valence-electron chi connectivity index (χ2n) is 10.4. The summed E-state index contributed by atoms with van der Waals surface area (Å²) in [4.78, 5) is 17.8. The first-order valence-corrected chi connectivity index (χ1v) is 12.9. The maximum absolute atomic E-state index is 12.9. The minimum atomic E-state index is -0.291. The van der Waals surface area contributed by atoms with E-state index >= 15 is 0 Å². The summed E-state index contributed by atoms with van der Waals surface area (Å²) < 4.78 is 18.9. The fraction of sp³-hybridized carbons (Fsp3) is 0.355. The largest absolute Gasteiger partial charge is 0.493 e. The number of carbonyl (C=O) groups excluding carboxylic acids is 1. The zero-order valence-corrected chi connectivity index (χ0v) is 23.1. The van der Waals surface area contributed by atoms with Gasteiger partial charge < -0.3 is 24.1 Å². The molecule has 4 aromatic rings. The van der Waals surface area contributed by atoms with Crippen LogP contribution < -0.4 is 19.5 Å². The lowest BCUT2D eigenvalue weighted by atomic mass is 9.87. The van der Waals surface area contributed by atoms with Crippen LogP contribution in [-0.2, 0) is 23.2 Å². The summed E-state index contributed by atoms with van der Waals surface area (Å²) in [6.45, 7) is 9.63. The Morgan fingerprint density at radius 3 is 2.37 bits per heavy atom. The van der Waals surface area contributed by atoms with Gasteiger partial charge in [-0.25, -0.2) is 4.98 Å². The third-order valence-corrected chi connectivity index (χ3v) is 6.57.